The summed E-state index contributed by atoms with van der Waals surface area (Å²) >= 11 is 0. The van der Waals surface area contributed by atoms with E-state index in [1.807, 2.05) is 6.07 Å². The van der Waals surface area contributed by atoms with Crippen LogP contribution in [0.4, 0.5) is 20.6 Å². The predicted octanol–water partition coefficient (Wildman–Crippen LogP) is 6.25. The topological polar surface area (TPSA) is 112 Å². The number of hydrogen-bond acceptors (Lipinski definition) is 6. The van der Waals surface area contributed by atoms with Crippen molar-refractivity contribution in [2.75, 3.05) is 17.7 Å². The van der Waals surface area contributed by atoms with Gasteiger partial charge in [0.25, 0.3) is 0 Å². The molecule has 10 heteroatoms. The monoisotopic (exact) mass is 544 g/mol. The molecular weight excluding hydrogens is 515 g/mol. The second-order valence-electron chi connectivity index (χ2n) is 9.90. The Morgan fingerprint density at radius 2 is 1.70 bits per heavy atom. The van der Waals surface area contributed by atoms with Gasteiger partial charge in [-0.1, -0.05) is 24.3 Å². The third-order valence-electron chi connectivity index (χ3n) is 5.70. The van der Waals surface area contributed by atoms with Crippen LogP contribution in [0.3, 0.4) is 0 Å². The first-order valence-electron chi connectivity index (χ1n) is 12.4. The molecule has 0 saturated heterocycles. The summed E-state index contributed by atoms with van der Waals surface area (Å²) in [5.41, 5.74) is 1.87. The first kappa shape index (κ1) is 28.0. The Balaban J connectivity index is 1.62. The lowest BCUT2D eigenvalue weighted by molar-refractivity contribution is -0.115. The van der Waals surface area contributed by atoms with Gasteiger partial charge in [0, 0.05) is 35.3 Å². The minimum Gasteiger partial charge on any atom is -0.496 e. The van der Waals surface area contributed by atoms with Crippen molar-refractivity contribution >= 4 is 29.2 Å². The van der Waals surface area contributed by atoms with Crippen LogP contribution in [0.15, 0.2) is 79.4 Å². The standard InChI is InChI=1S/C30H29FN4O5/c1-30(2,3)40-29(38)34-25-16-27(39-4)23(19-8-10-21(31)11-9-19)15-24(25)33-28(37)17-26(36)20-6-5-7-22(14-20)35-13-12-32-18-35/h5-16,18H,17H2,1-4H3,(H,33,37)(H,34,38). The fourth-order valence-corrected chi connectivity index (χ4v) is 3.92. The van der Waals surface area contributed by atoms with Crippen LogP contribution in [0.5, 0.6) is 5.75 Å². The molecule has 9 nitrogen and oxygen atoms in total. The molecule has 0 atom stereocenters. The smallest absolute Gasteiger partial charge is 0.412 e. The third-order valence-corrected chi connectivity index (χ3v) is 5.70. The molecular formula is C30H29FN4O5. The zero-order valence-corrected chi connectivity index (χ0v) is 22.5. The maximum absolute atomic E-state index is 13.6. The van der Waals surface area contributed by atoms with E-state index < -0.39 is 35.6 Å². The van der Waals surface area contributed by atoms with E-state index in [1.54, 1.807) is 80.5 Å². The number of aromatic nitrogens is 2. The number of halogens is 1. The van der Waals surface area contributed by atoms with Crippen molar-refractivity contribution < 1.29 is 28.2 Å². The summed E-state index contributed by atoms with van der Waals surface area (Å²) in [5, 5.41) is 5.35. The molecule has 0 aliphatic carbocycles. The fraction of sp³-hybridized carbons (Fsp3) is 0.200. The Kier molecular flexibility index (Phi) is 8.28. The maximum Gasteiger partial charge on any atom is 0.412 e. The Morgan fingerprint density at radius 3 is 2.35 bits per heavy atom. The summed E-state index contributed by atoms with van der Waals surface area (Å²) in [6, 6.07) is 15.7. The van der Waals surface area contributed by atoms with Crippen LogP contribution in [-0.4, -0.2) is 40.0 Å². The predicted molar refractivity (Wildman–Crippen MR) is 149 cm³/mol. The molecule has 0 bridgehead atoms. The Hall–Kier alpha value is -4.99. The van der Waals surface area contributed by atoms with Crippen LogP contribution in [0, 0.1) is 5.82 Å². The number of anilines is 2. The van der Waals surface area contributed by atoms with Crippen molar-refractivity contribution in [3.8, 4) is 22.6 Å². The number of nitrogens with zero attached hydrogens (tertiary/aromatic N) is 2. The summed E-state index contributed by atoms with van der Waals surface area (Å²) in [5.74, 6) is -1.04. The van der Waals surface area contributed by atoms with E-state index in [0.29, 0.717) is 22.4 Å². The maximum atomic E-state index is 13.6. The van der Waals surface area contributed by atoms with E-state index in [9.17, 15) is 18.8 Å². The highest BCUT2D eigenvalue weighted by atomic mass is 19.1. The van der Waals surface area contributed by atoms with Crippen LogP contribution in [0.25, 0.3) is 16.8 Å². The fourth-order valence-electron chi connectivity index (χ4n) is 3.92. The number of methoxy groups -OCH3 is 1. The van der Waals surface area contributed by atoms with Gasteiger partial charge >= 0.3 is 6.09 Å². The van der Waals surface area contributed by atoms with Crippen LogP contribution >= 0.6 is 0 Å². The van der Waals surface area contributed by atoms with Crippen molar-refractivity contribution in [3.63, 3.8) is 0 Å². The average Bonchev–Trinajstić information content (AvgIpc) is 3.44. The summed E-state index contributed by atoms with van der Waals surface area (Å²) in [7, 11) is 1.45. The molecule has 0 fully saturated rings. The minimum atomic E-state index is -0.761. The highest BCUT2D eigenvalue weighted by Gasteiger charge is 2.21. The second-order valence-corrected chi connectivity index (χ2v) is 9.90. The lowest BCUT2D eigenvalue weighted by Crippen LogP contribution is -2.27. The number of benzene rings is 3. The van der Waals surface area contributed by atoms with Gasteiger partial charge in [-0.05, 0) is 56.7 Å². The molecule has 0 aliphatic heterocycles. The first-order valence-corrected chi connectivity index (χ1v) is 12.4. The summed E-state index contributed by atoms with van der Waals surface area (Å²) in [6.45, 7) is 5.17. The zero-order chi connectivity index (χ0) is 28.9. The zero-order valence-electron chi connectivity index (χ0n) is 22.5. The lowest BCUT2D eigenvalue weighted by atomic mass is 10.0. The third kappa shape index (κ3) is 7.10. The number of ketones is 1. The van der Waals surface area contributed by atoms with Crippen molar-refractivity contribution in [3.05, 3.63) is 90.8 Å². The number of hydrogen-bond donors (Lipinski definition) is 2. The van der Waals surface area contributed by atoms with Gasteiger partial charge in [-0.2, -0.15) is 0 Å². The molecule has 0 unspecified atom stereocenters. The molecule has 0 spiro atoms. The molecule has 40 heavy (non-hydrogen) atoms. The number of Topliss-reactive ketones (excluding diaryl/α,β-unsaturated/α-hetero) is 1. The molecule has 4 rings (SSSR count). The van der Waals surface area contributed by atoms with Crippen molar-refractivity contribution in [2.45, 2.75) is 32.8 Å². The average molecular weight is 545 g/mol. The summed E-state index contributed by atoms with van der Waals surface area (Å²) in [4.78, 5) is 42.6. The van der Waals surface area contributed by atoms with E-state index >= 15 is 0 Å². The molecule has 0 radical (unpaired) electrons. The molecule has 0 saturated carbocycles. The number of amides is 2. The molecule has 1 heterocycles. The largest absolute Gasteiger partial charge is 0.496 e. The van der Waals surface area contributed by atoms with Gasteiger partial charge in [0.2, 0.25) is 5.91 Å². The second kappa shape index (κ2) is 11.8. The number of nitrogens with one attached hydrogen (secondary N) is 2. The highest BCUT2D eigenvalue weighted by Crippen LogP contribution is 2.38. The minimum absolute atomic E-state index is 0.194. The van der Waals surface area contributed by atoms with E-state index in [1.165, 1.54) is 25.3 Å². The lowest BCUT2D eigenvalue weighted by Gasteiger charge is -2.21. The summed E-state index contributed by atoms with van der Waals surface area (Å²) in [6.07, 6.45) is 3.79. The van der Waals surface area contributed by atoms with Crippen LogP contribution in [0.1, 0.15) is 37.6 Å². The van der Waals surface area contributed by atoms with Crippen LogP contribution < -0.4 is 15.4 Å². The first-order chi connectivity index (χ1) is 19.0. The molecule has 2 amide bonds. The molecule has 4 aromatic rings. The van der Waals surface area contributed by atoms with E-state index in [2.05, 4.69) is 15.6 Å². The quantitative estimate of drug-likeness (QED) is 0.200. The highest BCUT2D eigenvalue weighted by molar-refractivity contribution is 6.12. The van der Waals surface area contributed by atoms with Crippen LogP contribution in [0.2, 0.25) is 0 Å². The molecule has 1 aromatic heterocycles. The van der Waals surface area contributed by atoms with E-state index in [-0.39, 0.29) is 11.4 Å². The number of rotatable bonds is 8. The van der Waals surface area contributed by atoms with Crippen molar-refractivity contribution in [2.24, 2.45) is 0 Å². The van der Waals surface area contributed by atoms with E-state index in [4.69, 9.17) is 9.47 Å². The van der Waals surface area contributed by atoms with Crippen LogP contribution in [-0.2, 0) is 9.53 Å². The number of ether oxygens (including phenoxy) is 2. The molecule has 2 N–H and O–H groups in total. The normalized spacial score (nSPS) is 11.0. The molecule has 3 aromatic carbocycles. The Morgan fingerprint density at radius 1 is 0.975 bits per heavy atom. The van der Waals surface area contributed by atoms with Crippen molar-refractivity contribution in [1.82, 2.24) is 9.55 Å². The van der Waals surface area contributed by atoms with Gasteiger partial charge in [-0.3, -0.25) is 14.9 Å². The number of imidazole rings is 1. The van der Waals surface area contributed by atoms with Gasteiger partial charge in [-0.15, -0.1) is 0 Å². The van der Waals surface area contributed by atoms with E-state index in [0.717, 1.165) is 5.69 Å². The van der Waals surface area contributed by atoms with Gasteiger partial charge in [0.15, 0.2) is 5.78 Å². The Labute approximate surface area is 231 Å². The van der Waals surface area contributed by atoms with Gasteiger partial charge in [-0.25, -0.2) is 14.2 Å². The Bertz CT molecular complexity index is 1530. The molecule has 0 aliphatic rings. The van der Waals surface area contributed by atoms with Gasteiger partial charge in [0.1, 0.15) is 17.2 Å². The number of carbonyl (C=O) groups excluding carboxylic acids is 3. The van der Waals surface area contributed by atoms with Gasteiger partial charge < -0.3 is 19.4 Å². The summed E-state index contributed by atoms with van der Waals surface area (Å²) < 4.78 is 26.2. The SMILES string of the molecule is COc1cc(NC(=O)OC(C)(C)C)c(NC(=O)CC(=O)c2cccc(-n3ccnc3)c2)cc1-c1ccc(F)cc1. The molecule has 206 valence electrons. The van der Waals surface area contributed by atoms with Crippen molar-refractivity contribution in [1.29, 1.82) is 0 Å². The van der Waals surface area contributed by atoms with Gasteiger partial charge in [0.05, 0.1) is 31.2 Å². The number of carbonyl (C=O) groups is 3.